The second-order valence-electron chi connectivity index (χ2n) is 5.34. The van der Waals surface area contributed by atoms with Gasteiger partial charge in [-0.25, -0.2) is 18.1 Å². The van der Waals surface area contributed by atoms with Crippen LogP contribution in [0.1, 0.15) is 57.3 Å². The molecular formula is C13H23N3O2S. The highest BCUT2D eigenvalue weighted by Gasteiger charge is 2.24. The van der Waals surface area contributed by atoms with Crippen molar-refractivity contribution in [3.63, 3.8) is 0 Å². The molecule has 0 spiro atoms. The summed E-state index contributed by atoms with van der Waals surface area (Å²) < 4.78 is 27.2. The average molecular weight is 285 g/mol. The molecule has 0 saturated heterocycles. The Morgan fingerprint density at radius 2 is 2.16 bits per heavy atom. The quantitative estimate of drug-likeness (QED) is 0.842. The Hall–Kier alpha value is -0.880. The third-order valence-corrected chi connectivity index (χ3v) is 5.31. The van der Waals surface area contributed by atoms with Gasteiger partial charge in [0.25, 0.3) is 0 Å². The first kappa shape index (κ1) is 14.5. The van der Waals surface area contributed by atoms with Gasteiger partial charge in [-0.05, 0) is 25.2 Å². The number of nitrogens with one attached hydrogen (secondary N) is 2. The lowest BCUT2D eigenvalue weighted by molar-refractivity contribution is 0.382. The number of aromatic nitrogens is 2. The summed E-state index contributed by atoms with van der Waals surface area (Å²) in [6.07, 6.45) is 9.70. The normalized spacial score (nSPS) is 19.4. The molecule has 2 rings (SSSR count). The van der Waals surface area contributed by atoms with Gasteiger partial charge in [0.05, 0.1) is 11.8 Å². The minimum atomic E-state index is -3.23. The number of hydrogen-bond donors (Lipinski definition) is 2. The summed E-state index contributed by atoms with van der Waals surface area (Å²) in [5.41, 5.74) is 0. The van der Waals surface area contributed by atoms with Crippen molar-refractivity contribution >= 4 is 10.0 Å². The van der Waals surface area contributed by atoms with E-state index in [2.05, 4.69) is 14.7 Å². The van der Waals surface area contributed by atoms with Crippen LogP contribution in [0.25, 0.3) is 0 Å². The van der Waals surface area contributed by atoms with Crippen LogP contribution in [0.15, 0.2) is 12.4 Å². The molecule has 2 N–H and O–H groups in total. The van der Waals surface area contributed by atoms with Gasteiger partial charge in [-0.1, -0.05) is 26.2 Å². The molecule has 0 bridgehead atoms. The number of H-pyrrole nitrogens is 1. The van der Waals surface area contributed by atoms with Gasteiger partial charge >= 0.3 is 0 Å². The Morgan fingerprint density at radius 1 is 1.42 bits per heavy atom. The van der Waals surface area contributed by atoms with Gasteiger partial charge in [0.1, 0.15) is 5.82 Å². The predicted octanol–water partition coefficient (Wildman–Crippen LogP) is 2.36. The summed E-state index contributed by atoms with van der Waals surface area (Å²) in [4.78, 5) is 7.11. The zero-order valence-electron chi connectivity index (χ0n) is 11.4. The Morgan fingerprint density at radius 3 is 2.74 bits per heavy atom. The number of imidazole rings is 1. The standard InChI is InChI=1S/C13H23N3O2S/c1-2-12(13-14-8-9-15-13)16-19(17,18)10-11-6-4-3-5-7-11/h8-9,11-12,16H,2-7,10H2,1H3,(H,14,15). The highest BCUT2D eigenvalue weighted by Crippen LogP contribution is 2.25. The lowest BCUT2D eigenvalue weighted by Crippen LogP contribution is -2.34. The van der Waals surface area contributed by atoms with Gasteiger partial charge in [-0.2, -0.15) is 0 Å². The van der Waals surface area contributed by atoms with Crippen LogP contribution in [0.5, 0.6) is 0 Å². The van der Waals surface area contributed by atoms with E-state index in [9.17, 15) is 8.42 Å². The van der Waals surface area contributed by atoms with Crippen LogP contribution in [0, 0.1) is 5.92 Å². The summed E-state index contributed by atoms with van der Waals surface area (Å²) in [5, 5.41) is 0. The minimum absolute atomic E-state index is 0.247. The molecule has 0 aromatic carbocycles. The van der Waals surface area contributed by atoms with Crippen LogP contribution in [0.3, 0.4) is 0 Å². The van der Waals surface area contributed by atoms with E-state index < -0.39 is 10.0 Å². The van der Waals surface area contributed by atoms with E-state index in [1.165, 1.54) is 6.42 Å². The lowest BCUT2D eigenvalue weighted by Gasteiger charge is -2.23. The van der Waals surface area contributed by atoms with Crippen LogP contribution < -0.4 is 4.72 Å². The molecule has 1 heterocycles. The lowest BCUT2D eigenvalue weighted by atomic mass is 9.91. The molecule has 1 aromatic rings. The maximum Gasteiger partial charge on any atom is 0.212 e. The van der Waals surface area contributed by atoms with E-state index in [0.29, 0.717) is 18.2 Å². The van der Waals surface area contributed by atoms with Crippen LogP contribution in [-0.4, -0.2) is 24.1 Å². The molecule has 1 aliphatic rings. The fourth-order valence-corrected chi connectivity index (χ4v) is 4.49. The molecule has 0 aliphatic heterocycles. The summed E-state index contributed by atoms with van der Waals surface area (Å²) in [6, 6.07) is -0.247. The fraction of sp³-hybridized carbons (Fsp3) is 0.769. The van der Waals surface area contributed by atoms with Crippen molar-refractivity contribution in [2.45, 2.75) is 51.5 Å². The zero-order chi connectivity index (χ0) is 13.7. The van der Waals surface area contributed by atoms with Gasteiger partial charge in [0, 0.05) is 12.4 Å². The Balaban J connectivity index is 1.95. The van der Waals surface area contributed by atoms with Crippen molar-refractivity contribution in [1.29, 1.82) is 0 Å². The van der Waals surface area contributed by atoms with E-state index in [1.54, 1.807) is 12.4 Å². The van der Waals surface area contributed by atoms with E-state index in [0.717, 1.165) is 25.7 Å². The fourth-order valence-electron chi connectivity index (χ4n) is 2.73. The van der Waals surface area contributed by atoms with Crippen LogP contribution in [-0.2, 0) is 10.0 Å². The molecule has 5 nitrogen and oxygen atoms in total. The van der Waals surface area contributed by atoms with E-state index in [4.69, 9.17) is 0 Å². The van der Waals surface area contributed by atoms with Gasteiger partial charge < -0.3 is 4.98 Å². The van der Waals surface area contributed by atoms with Gasteiger partial charge in [0.15, 0.2) is 0 Å². The second kappa shape index (κ2) is 6.52. The highest BCUT2D eigenvalue weighted by molar-refractivity contribution is 7.89. The monoisotopic (exact) mass is 285 g/mol. The van der Waals surface area contributed by atoms with Gasteiger partial charge in [-0.15, -0.1) is 0 Å². The largest absolute Gasteiger partial charge is 0.347 e. The summed E-state index contributed by atoms with van der Waals surface area (Å²) in [7, 11) is -3.23. The topological polar surface area (TPSA) is 74.8 Å². The number of rotatable bonds is 6. The van der Waals surface area contributed by atoms with E-state index in [-0.39, 0.29) is 11.8 Å². The number of aromatic amines is 1. The predicted molar refractivity (Wildman–Crippen MR) is 75.1 cm³/mol. The molecule has 1 aromatic heterocycles. The smallest absolute Gasteiger partial charge is 0.212 e. The summed E-state index contributed by atoms with van der Waals surface area (Å²) in [5.74, 6) is 1.26. The molecule has 1 aliphatic carbocycles. The Bertz CT molecular complexity index is 464. The molecule has 0 amide bonds. The third kappa shape index (κ3) is 4.31. The van der Waals surface area contributed by atoms with Crippen molar-refractivity contribution in [3.8, 4) is 0 Å². The SMILES string of the molecule is CCC(NS(=O)(=O)CC1CCCCC1)c1ncc[nH]1. The minimum Gasteiger partial charge on any atom is -0.347 e. The number of hydrogen-bond acceptors (Lipinski definition) is 3. The van der Waals surface area contributed by atoms with Crippen molar-refractivity contribution in [1.82, 2.24) is 14.7 Å². The van der Waals surface area contributed by atoms with Gasteiger partial charge in [-0.3, -0.25) is 0 Å². The first-order valence-electron chi connectivity index (χ1n) is 7.10. The van der Waals surface area contributed by atoms with Crippen molar-refractivity contribution in [3.05, 3.63) is 18.2 Å². The van der Waals surface area contributed by atoms with Crippen LogP contribution in [0.2, 0.25) is 0 Å². The summed E-state index contributed by atoms with van der Waals surface area (Å²) >= 11 is 0. The van der Waals surface area contributed by atoms with E-state index >= 15 is 0 Å². The Labute approximate surface area is 115 Å². The van der Waals surface area contributed by atoms with Crippen molar-refractivity contribution in [2.75, 3.05) is 5.75 Å². The molecule has 1 unspecified atom stereocenters. The van der Waals surface area contributed by atoms with E-state index in [1.807, 2.05) is 6.92 Å². The zero-order valence-corrected chi connectivity index (χ0v) is 12.2. The van der Waals surface area contributed by atoms with Crippen LogP contribution in [0.4, 0.5) is 0 Å². The molecular weight excluding hydrogens is 262 g/mol. The third-order valence-electron chi connectivity index (χ3n) is 3.76. The molecule has 1 saturated carbocycles. The first-order valence-corrected chi connectivity index (χ1v) is 8.75. The second-order valence-corrected chi connectivity index (χ2v) is 7.14. The molecule has 1 atom stereocenters. The Kier molecular flexibility index (Phi) is 4.99. The summed E-state index contributed by atoms with van der Waals surface area (Å²) in [6.45, 7) is 1.95. The highest BCUT2D eigenvalue weighted by atomic mass is 32.2. The molecule has 0 radical (unpaired) electrons. The number of nitrogens with zero attached hydrogens (tertiary/aromatic N) is 1. The average Bonchev–Trinajstić information content (AvgIpc) is 2.90. The van der Waals surface area contributed by atoms with Gasteiger partial charge in [0.2, 0.25) is 10.0 Å². The molecule has 6 heteroatoms. The number of sulfonamides is 1. The molecule has 1 fully saturated rings. The maximum absolute atomic E-state index is 12.2. The first-order chi connectivity index (χ1) is 9.11. The molecule has 108 valence electrons. The van der Waals surface area contributed by atoms with Crippen molar-refractivity contribution < 1.29 is 8.42 Å². The van der Waals surface area contributed by atoms with Crippen LogP contribution >= 0.6 is 0 Å². The van der Waals surface area contributed by atoms with Crippen molar-refractivity contribution in [2.24, 2.45) is 5.92 Å². The molecule has 19 heavy (non-hydrogen) atoms. The maximum atomic E-state index is 12.2.